The summed E-state index contributed by atoms with van der Waals surface area (Å²) >= 11 is 0. The molecule has 0 aliphatic carbocycles. The Hall–Kier alpha value is -1.80. The Morgan fingerprint density at radius 1 is 1.33 bits per heavy atom. The molecular formula is C13H21N3O4S. The summed E-state index contributed by atoms with van der Waals surface area (Å²) in [6.45, 7) is 4.37. The first-order chi connectivity index (χ1) is 9.89. The van der Waals surface area contributed by atoms with Gasteiger partial charge in [0.25, 0.3) is 5.91 Å². The van der Waals surface area contributed by atoms with Gasteiger partial charge in [-0.2, -0.15) is 0 Å². The summed E-state index contributed by atoms with van der Waals surface area (Å²) in [4.78, 5) is 11.9. The second kappa shape index (κ2) is 7.84. The van der Waals surface area contributed by atoms with Crippen molar-refractivity contribution in [2.75, 3.05) is 31.2 Å². The first-order valence-corrected chi connectivity index (χ1v) is 8.32. The zero-order valence-corrected chi connectivity index (χ0v) is 13.0. The minimum atomic E-state index is -3.34. The maximum atomic E-state index is 11.9. The van der Waals surface area contributed by atoms with Crippen molar-refractivity contribution in [3.8, 4) is 5.75 Å². The number of benzene rings is 1. The number of hydrogen-bond donors (Lipinski definition) is 3. The van der Waals surface area contributed by atoms with E-state index in [1.165, 1.54) is 6.07 Å². The minimum Gasteiger partial charge on any atom is -0.492 e. The lowest BCUT2D eigenvalue weighted by Gasteiger charge is -2.09. The van der Waals surface area contributed by atoms with Gasteiger partial charge in [-0.05, 0) is 25.1 Å². The van der Waals surface area contributed by atoms with E-state index in [0.717, 1.165) is 0 Å². The largest absolute Gasteiger partial charge is 0.492 e. The van der Waals surface area contributed by atoms with Gasteiger partial charge in [0, 0.05) is 18.7 Å². The molecule has 118 valence electrons. The molecule has 8 heteroatoms. The van der Waals surface area contributed by atoms with Gasteiger partial charge in [0.05, 0.1) is 18.0 Å². The van der Waals surface area contributed by atoms with Crippen molar-refractivity contribution >= 4 is 21.6 Å². The number of anilines is 1. The van der Waals surface area contributed by atoms with Crippen LogP contribution in [0.3, 0.4) is 0 Å². The molecule has 21 heavy (non-hydrogen) atoms. The summed E-state index contributed by atoms with van der Waals surface area (Å²) in [5.41, 5.74) is 6.50. The third-order valence-electron chi connectivity index (χ3n) is 2.59. The summed E-state index contributed by atoms with van der Waals surface area (Å²) < 4.78 is 30.5. The van der Waals surface area contributed by atoms with Crippen molar-refractivity contribution in [2.45, 2.75) is 13.8 Å². The lowest BCUT2D eigenvalue weighted by Crippen LogP contribution is -2.34. The monoisotopic (exact) mass is 315 g/mol. The van der Waals surface area contributed by atoms with Crippen molar-refractivity contribution in [1.29, 1.82) is 0 Å². The van der Waals surface area contributed by atoms with Crippen molar-refractivity contribution in [3.63, 3.8) is 0 Å². The average molecular weight is 315 g/mol. The Bertz CT molecular complexity index is 587. The molecule has 0 aromatic heterocycles. The van der Waals surface area contributed by atoms with Gasteiger partial charge in [-0.3, -0.25) is 4.79 Å². The van der Waals surface area contributed by atoms with E-state index in [1.807, 2.05) is 6.92 Å². The number of hydrogen-bond acceptors (Lipinski definition) is 5. The van der Waals surface area contributed by atoms with Crippen molar-refractivity contribution in [3.05, 3.63) is 23.8 Å². The molecule has 0 saturated heterocycles. The van der Waals surface area contributed by atoms with Crippen molar-refractivity contribution < 1.29 is 17.9 Å². The van der Waals surface area contributed by atoms with Crippen LogP contribution in [0.1, 0.15) is 24.2 Å². The fourth-order valence-electron chi connectivity index (χ4n) is 1.67. The van der Waals surface area contributed by atoms with Crippen LogP contribution in [0.25, 0.3) is 0 Å². The molecule has 0 saturated carbocycles. The first kappa shape index (κ1) is 17.3. The molecule has 0 bridgehead atoms. The molecule has 0 fully saturated rings. The van der Waals surface area contributed by atoms with Gasteiger partial charge in [-0.15, -0.1) is 0 Å². The molecular weight excluding hydrogens is 294 g/mol. The summed E-state index contributed by atoms with van der Waals surface area (Å²) in [7, 11) is -3.34. The molecule has 1 aromatic carbocycles. The van der Waals surface area contributed by atoms with Crippen LogP contribution in [0.4, 0.5) is 5.69 Å². The fraction of sp³-hybridized carbons (Fsp3) is 0.462. The van der Waals surface area contributed by atoms with Crippen molar-refractivity contribution in [1.82, 2.24) is 10.0 Å². The molecule has 0 heterocycles. The van der Waals surface area contributed by atoms with E-state index in [9.17, 15) is 13.2 Å². The Labute approximate surface area is 124 Å². The number of nitrogen functional groups attached to an aromatic ring is 1. The molecule has 4 N–H and O–H groups in total. The minimum absolute atomic E-state index is 0.0291. The molecule has 7 nitrogen and oxygen atoms in total. The highest BCUT2D eigenvalue weighted by molar-refractivity contribution is 7.89. The molecule has 1 amide bonds. The van der Waals surface area contributed by atoms with E-state index in [4.69, 9.17) is 10.5 Å². The predicted octanol–water partition coefficient (Wildman–Crippen LogP) is 0.337. The summed E-state index contributed by atoms with van der Waals surface area (Å²) in [5, 5.41) is 2.54. The number of rotatable bonds is 8. The smallest absolute Gasteiger partial charge is 0.251 e. The van der Waals surface area contributed by atoms with Crippen LogP contribution >= 0.6 is 0 Å². The van der Waals surface area contributed by atoms with Gasteiger partial charge in [-0.25, -0.2) is 13.1 Å². The maximum absolute atomic E-state index is 11.9. The summed E-state index contributed by atoms with van der Waals surface area (Å²) in [6, 6.07) is 4.69. The van der Waals surface area contributed by atoms with Gasteiger partial charge in [0.1, 0.15) is 5.75 Å². The Morgan fingerprint density at radius 3 is 2.62 bits per heavy atom. The van der Waals surface area contributed by atoms with Crippen LogP contribution in [0.2, 0.25) is 0 Å². The number of amides is 1. The van der Waals surface area contributed by atoms with Crippen LogP contribution in [0.15, 0.2) is 18.2 Å². The highest BCUT2D eigenvalue weighted by atomic mass is 32.2. The number of nitrogens with two attached hydrogens (primary N) is 1. The molecule has 1 rings (SSSR count). The van der Waals surface area contributed by atoms with Crippen molar-refractivity contribution in [2.24, 2.45) is 0 Å². The first-order valence-electron chi connectivity index (χ1n) is 6.67. The van der Waals surface area contributed by atoms with Crippen LogP contribution < -0.4 is 20.5 Å². The highest BCUT2D eigenvalue weighted by Crippen LogP contribution is 2.22. The summed E-state index contributed by atoms with van der Waals surface area (Å²) in [6.07, 6.45) is 0. The third-order valence-corrected chi connectivity index (χ3v) is 4.06. The van der Waals surface area contributed by atoms with Crippen LogP contribution in [0.5, 0.6) is 5.75 Å². The number of carbonyl (C=O) groups is 1. The Kier molecular flexibility index (Phi) is 6.44. The van der Waals surface area contributed by atoms with Crippen LogP contribution in [0, 0.1) is 0 Å². The quantitative estimate of drug-likeness (QED) is 0.599. The molecule has 0 unspecified atom stereocenters. The number of carbonyl (C=O) groups excluding carboxylic acids is 1. The van der Waals surface area contributed by atoms with E-state index >= 15 is 0 Å². The van der Waals surface area contributed by atoms with Gasteiger partial charge in [-0.1, -0.05) is 6.92 Å². The van der Waals surface area contributed by atoms with Gasteiger partial charge >= 0.3 is 0 Å². The van der Waals surface area contributed by atoms with Gasteiger partial charge in [0.2, 0.25) is 10.0 Å². The predicted molar refractivity (Wildman–Crippen MR) is 81.8 cm³/mol. The lowest BCUT2D eigenvalue weighted by atomic mass is 10.2. The second-order valence-electron chi connectivity index (χ2n) is 4.26. The highest BCUT2D eigenvalue weighted by Gasteiger charge is 2.11. The summed E-state index contributed by atoms with van der Waals surface area (Å²) in [5.74, 6) is -0.0285. The van der Waals surface area contributed by atoms with E-state index in [1.54, 1.807) is 19.1 Å². The lowest BCUT2D eigenvalue weighted by molar-refractivity contribution is 0.0956. The Morgan fingerprint density at radius 2 is 2.05 bits per heavy atom. The fourth-order valence-corrected chi connectivity index (χ4v) is 2.62. The SMILES string of the molecule is CCNS(=O)(=O)CCNC(=O)c1ccc(OCC)c(N)c1. The van der Waals surface area contributed by atoms with Crippen LogP contribution in [-0.4, -0.2) is 39.8 Å². The molecule has 1 aromatic rings. The molecule has 0 aliphatic rings. The second-order valence-corrected chi connectivity index (χ2v) is 6.18. The van der Waals surface area contributed by atoms with E-state index in [2.05, 4.69) is 10.0 Å². The Balaban J connectivity index is 2.58. The molecule has 0 spiro atoms. The third kappa shape index (κ3) is 5.60. The molecule has 0 aliphatic heterocycles. The zero-order valence-electron chi connectivity index (χ0n) is 12.2. The van der Waals surface area contributed by atoms with Gasteiger partial charge < -0.3 is 15.8 Å². The molecule has 0 radical (unpaired) electrons. The number of sulfonamides is 1. The average Bonchev–Trinajstić information content (AvgIpc) is 2.40. The standard InChI is InChI=1S/C13H21N3O4S/c1-3-16-21(18,19)8-7-15-13(17)10-5-6-12(20-4-2)11(14)9-10/h5-6,9,16H,3-4,7-8,14H2,1-2H3,(H,15,17). The number of nitrogens with one attached hydrogen (secondary N) is 2. The molecule has 0 atom stereocenters. The zero-order chi connectivity index (χ0) is 15.9. The topological polar surface area (TPSA) is 111 Å². The normalized spacial score (nSPS) is 11.1. The van der Waals surface area contributed by atoms with E-state index < -0.39 is 10.0 Å². The number of ether oxygens (including phenoxy) is 1. The van der Waals surface area contributed by atoms with Gasteiger partial charge in [0.15, 0.2) is 0 Å². The van der Waals surface area contributed by atoms with Crippen LogP contribution in [-0.2, 0) is 10.0 Å². The van der Waals surface area contributed by atoms with E-state index in [-0.39, 0.29) is 18.2 Å². The van der Waals surface area contributed by atoms with E-state index in [0.29, 0.717) is 30.2 Å². The maximum Gasteiger partial charge on any atom is 0.251 e.